The lowest BCUT2D eigenvalue weighted by molar-refractivity contribution is -0.682. The molecule has 0 aliphatic rings. The molecule has 3 aromatic heterocycles. The monoisotopic (exact) mass is 394 g/mol. The van der Waals surface area contributed by atoms with Gasteiger partial charge >= 0.3 is 0 Å². The topological polar surface area (TPSA) is 58.9 Å². The summed E-state index contributed by atoms with van der Waals surface area (Å²) in [4.78, 5) is 20.8. The van der Waals surface area contributed by atoms with Crippen molar-refractivity contribution in [3.05, 3.63) is 90.9 Å². The van der Waals surface area contributed by atoms with Gasteiger partial charge in [-0.25, -0.2) is 0 Å². The van der Waals surface area contributed by atoms with E-state index in [-0.39, 0.29) is 12.3 Å². The van der Waals surface area contributed by atoms with E-state index in [1.807, 2.05) is 53.5 Å². The zero-order valence-corrected chi connectivity index (χ0v) is 16.5. The normalized spacial score (nSPS) is 11.1. The van der Waals surface area contributed by atoms with E-state index in [2.05, 4.69) is 22.1 Å². The molecule has 1 N–H and O–H groups in total. The fraction of sp³-hybridized carbons (Fsp3) is 0.0800. The number of H-pyrrole nitrogens is 1. The highest BCUT2D eigenvalue weighted by Gasteiger charge is 2.16. The molecule has 0 saturated carbocycles. The third kappa shape index (κ3) is 3.20. The van der Waals surface area contributed by atoms with Crippen molar-refractivity contribution in [3.8, 4) is 17.0 Å². The lowest BCUT2D eigenvalue weighted by Crippen LogP contribution is -2.37. The number of aromatic amines is 1. The predicted octanol–water partition coefficient (Wildman–Crippen LogP) is 4.56. The first kappa shape index (κ1) is 18.1. The number of para-hydroxylation sites is 1. The van der Waals surface area contributed by atoms with Gasteiger partial charge in [-0.3, -0.25) is 9.78 Å². The lowest BCUT2D eigenvalue weighted by atomic mass is 10.1. The zero-order chi connectivity index (χ0) is 20.5. The van der Waals surface area contributed by atoms with Gasteiger partial charge in [-0.15, -0.1) is 0 Å². The van der Waals surface area contributed by atoms with Crippen LogP contribution in [0, 0.1) is 0 Å². The molecule has 5 aromatic rings. The van der Waals surface area contributed by atoms with Gasteiger partial charge in [0, 0.05) is 34.1 Å². The van der Waals surface area contributed by atoms with Gasteiger partial charge in [-0.1, -0.05) is 18.2 Å². The molecule has 5 heteroatoms. The van der Waals surface area contributed by atoms with Crippen LogP contribution in [-0.2, 0) is 6.54 Å². The summed E-state index contributed by atoms with van der Waals surface area (Å²) in [6.07, 6.45) is 5.70. The number of ether oxygens (including phenoxy) is 1. The van der Waals surface area contributed by atoms with Crippen LogP contribution in [0.15, 0.2) is 85.3 Å². The predicted molar refractivity (Wildman–Crippen MR) is 117 cm³/mol. The van der Waals surface area contributed by atoms with Crippen LogP contribution in [0.3, 0.4) is 0 Å². The molecule has 146 valence electrons. The van der Waals surface area contributed by atoms with Gasteiger partial charge in [0.05, 0.1) is 18.2 Å². The largest absolute Gasteiger partial charge is 0.497 e. The number of fused-ring (bicyclic) bond motifs is 3. The molecule has 3 heterocycles. The second kappa shape index (κ2) is 7.44. The van der Waals surface area contributed by atoms with E-state index in [1.54, 1.807) is 31.4 Å². The second-order valence-electron chi connectivity index (χ2n) is 7.17. The van der Waals surface area contributed by atoms with Gasteiger partial charge in [0.2, 0.25) is 12.3 Å². The fourth-order valence-electron chi connectivity index (χ4n) is 3.79. The van der Waals surface area contributed by atoms with E-state index >= 15 is 0 Å². The standard InChI is InChI=1S/C25H20N3O2/c1-30-19-10-8-17(9-11-19)23(29)16-28-14-4-5-18(15-28)24-25-21(12-13-26-24)20-6-2-3-7-22(20)27-25/h2-15,27H,16H2,1H3/q+1. The van der Waals surface area contributed by atoms with Crippen LogP contribution in [0.1, 0.15) is 10.4 Å². The minimum Gasteiger partial charge on any atom is -0.497 e. The van der Waals surface area contributed by atoms with Crippen LogP contribution >= 0.6 is 0 Å². The highest BCUT2D eigenvalue weighted by molar-refractivity contribution is 6.10. The molecule has 30 heavy (non-hydrogen) atoms. The molecule has 0 spiro atoms. The van der Waals surface area contributed by atoms with Crippen LogP contribution in [0.2, 0.25) is 0 Å². The Hall–Kier alpha value is -3.99. The number of carbonyl (C=O) groups is 1. The lowest BCUT2D eigenvalue weighted by Gasteiger charge is -2.04. The van der Waals surface area contributed by atoms with Crippen molar-refractivity contribution in [2.75, 3.05) is 7.11 Å². The van der Waals surface area contributed by atoms with Crippen LogP contribution in [0.4, 0.5) is 0 Å². The summed E-state index contributed by atoms with van der Waals surface area (Å²) in [6.45, 7) is 0.253. The fourth-order valence-corrected chi connectivity index (χ4v) is 3.79. The summed E-state index contributed by atoms with van der Waals surface area (Å²) >= 11 is 0. The third-order valence-electron chi connectivity index (χ3n) is 5.30. The Kier molecular flexibility index (Phi) is 4.48. The molecule has 5 rings (SSSR count). The number of aromatic nitrogens is 3. The van der Waals surface area contributed by atoms with Crippen LogP contribution < -0.4 is 9.30 Å². The molecular weight excluding hydrogens is 374 g/mol. The van der Waals surface area contributed by atoms with Crippen molar-refractivity contribution in [1.82, 2.24) is 9.97 Å². The quantitative estimate of drug-likeness (QED) is 0.351. The summed E-state index contributed by atoms with van der Waals surface area (Å²) in [7, 11) is 1.61. The SMILES string of the molecule is COc1ccc(C(=O)C[n+]2cccc(-c3nccc4c3[nH]c3ccccc34)c2)cc1. The van der Waals surface area contributed by atoms with Crippen molar-refractivity contribution >= 4 is 27.6 Å². The number of hydrogen-bond donors (Lipinski definition) is 1. The molecular formula is C25H20N3O2+. The smallest absolute Gasteiger partial charge is 0.227 e. The number of Topliss-reactive ketones (excluding diaryl/α,β-unsaturated/α-hetero) is 1. The first-order chi connectivity index (χ1) is 14.7. The van der Waals surface area contributed by atoms with Crippen molar-refractivity contribution < 1.29 is 14.1 Å². The van der Waals surface area contributed by atoms with E-state index in [4.69, 9.17) is 4.74 Å². The minimum atomic E-state index is 0.0385. The van der Waals surface area contributed by atoms with Crippen molar-refractivity contribution in [3.63, 3.8) is 0 Å². The number of nitrogens with zero attached hydrogens (tertiary/aromatic N) is 2. The molecule has 0 saturated heterocycles. The molecule has 5 nitrogen and oxygen atoms in total. The van der Waals surface area contributed by atoms with Crippen molar-refractivity contribution in [2.45, 2.75) is 6.54 Å². The number of methoxy groups -OCH3 is 1. The van der Waals surface area contributed by atoms with E-state index in [9.17, 15) is 4.79 Å². The Morgan fingerprint density at radius 3 is 2.67 bits per heavy atom. The number of hydrogen-bond acceptors (Lipinski definition) is 3. The van der Waals surface area contributed by atoms with E-state index in [0.29, 0.717) is 5.56 Å². The zero-order valence-electron chi connectivity index (χ0n) is 16.5. The maximum atomic E-state index is 12.7. The Morgan fingerprint density at radius 2 is 1.83 bits per heavy atom. The average molecular weight is 394 g/mol. The maximum absolute atomic E-state index is 12.7. The number of benzene rings is 2. The van der Waals surface area contributed by atoms with Gasteiger partial charge in [0.15, 0.2) is 12.4 Å². The maximum Gasteiger partial charge on any atom is 0.227 e. The molecule has 0 fully saturated rings. The molecule has 0 atom stereocenters. The highest BCUT2D eigenvalue weighted by atomic mass is 16.5. The molecule has 0 amide bonds. The van der Waals surface area contributed by atoms with Crippen molar-refractivity contribution in [2.24, 2.45) is 0 Å². The third-order valence-corrected chi connectivity index (χ3v) is 5.30. The van der Waals surface area contributed by atoms with Crippen LogP contribution in [-0.4, -0.2) is 22.9 Å². The molecule has 0 bridgehead atoms. The van der Waals surface area contributed by atoms with Crippen LogP contribution in [0.25, 0.3) is 33.1 Å². The Balaban J connectivity index is 1.50. The van der Waals surface area contributed by atoms with Gasteiger partial charge in [0.1, 0.15) is 11.4 Å². The molecule has 0 aliphatic carbocycles. The Bertz CT molecular complexity index is 1370. The van der Waals surface area contributed by atoms with Gasteiger partial charge in [-0.05, 0) is 42.5 Å². The highest BCUT2D eigenvalue weighted by Crippen LogP contribution is 2.30. The minimum absolute atomic E-state index is 0.0385. The Labute approximate surface area is 173 Å². The molecule has 2 aromatic carbocycles. The summed E-state index contributed by atoms with van der Waals surface area (Å²) in [5, 5.41) is 2.31. The number of rotatable bonds is 5. The van der Waals surface area contributed by atoms with E-state index in [0.717, 1.165) is 33.4 Å². The summed E-state index contributed by atoms with van der Waals surface area (Å²) < 4.78 is 7.06. The van der Waals surface area contributed by atoms with Gasteiger partial charge in [0.25, 0.3) is 0 Å². The Morgan fingerprint density at radius 1 is 1.00 bits per heavy atom. The van der Waals surface area contributed by atoms with Gasteiger partial charge < -0.3 is 9.72 Å². The van der Waals surface area contributed by atoms with E-state index in [1.165, 1.54) is 5.39 Å². The molecule has 0 aliphatic heterocycles. The van der Waals surface area contributed by atoms with Gasteiger partial charge in [-0.2, -0.15) is 4.57 Å². The second-order valence-corrected chi connectivity index (χ2v) is 7.17. The summed E-state index contributed by atoms with van der Waals surface area (Å²) in [5.41, 5.74) is 4.56. The number of carbonyl (C=O) groups excluding carboxylic acids is 1. The summed E-state index contributed by atoms with van der Waals surface area (Å²) in [5.74, 6) is 0.773. The first-order valence-corrected chi connectivity index (χ1v) is 9.75. The van der Waals surface area contributed by atoms with Crippen molar-refractivity contribution in [1.29, 1.82) is 0 Å². The first-order valence-electron chi connectivity index (χ1n) is 9.75. The number of pyridine rings is 2. The molecule has 0 unspecified atom stereocenters. The average Bonchev–Trinajstić information content (AvgIpc) is 3.18. The number of ketones is 1. The molecule has 0 radical (unpaired) electrons. The number of nitrogens with one attached hydrogen (secondary N) is 1. The van der Waals surface area contributed by atoms with Crippen LogP contribution in [0.5, 0.6) is 5.75 Å². The van der Waals surface area contributed by atoms with E-state index < -0.39 is 0 Å². The summed E-state index contributed by atoms with van der Waals surface area (Å²) in [6, 6.07) is 21.4.